The van der Waals surface area contributed by atoms with Crippen LogP contribution in [0, 0.1) is 6.92 Å². The molecule has 0 aliphatic rings. The zero-order chi connectivity index (χ0) is 14.8. The van der Waals surface area contributed by atoms with Gasteiger partial charge in [-0.2, -0.15) is 0 Å². The normalized spacial score (nSPS) is 12.8. The third-order valence-electron chi connectivity index (χ3n) is 2.80. The lowest BCUT2D eigenvalue weighted by atomic mass is 10.3. The maximum absolute atomic E-state index is 9.96. The first-order valence-electron chi connectivity index (χ1n) is 6.79. The first-order valence-corrected chi connectivity index (χ1v) is 6.79. The first-order chi connectivity index (χ1) is 9.65. The molecule has 0 fully saturated rings. The molecule has 0 saturated carbocycles. The molecule has 1 atom stereocenters. The summed E-state index contributed by atoms with van der Waals surface area (Å²) in [5.41, 5.74) is 0. The fourth-order valence-corrected chi connectivity index (χ4v) is 1.88. The summed E-state index contributed by atoms with van der Waals surface area (Å²) in [6, 6.07) is 3.89. The smallest absolute Gasteiger partial charge is 0.118 e. The number of methoxy groups -OCH3 is 1. The van der Waals surface area contributed by atoms with E-state index in [2.05, 4.69) is 11.5 Å². The highest BCUT2D eigenvalue weighted by Gasteiger charge is 2.14. The predicted octanol–water partition coefficient (Wildman–Crippen LogP) is 1.60. The van der Waals surface area contributed by atoms with Crippen molar-refractivity contribution in [3.05, 3.63) is 36.3 Å². The maximum atomic E-state index is 9.96. The van der Waals surface area contributed by atoms with Crippen molar-refractivity contribution < 1.29 is 19.0 Å². The molecule has 1 N–H and O–H groups in total. The van der Waals surface area contributed by atoms with E-state index in [0.29, 0.717) is 32.9 Å². The van der Waals surface area contributed by atoms with E-state index in [1.54, 1.807) is 13.2 Å². The van der Waals surface area contributed by atoms with Gasteiger partial charge in [-0.1, -0.05) is 6.08 Å². The van der Waals surface area contributed by atoms with E-state index in [0.717, 1.165) is 18.1 Å². The maximum Gasteiger partial charge on any atom is 0.118 e. The van der Waals surface area contributed by atoms with E-state index in [1.807, 2.05) is 19.1 Å². The number of nitrogens with zero attached hydrogens (tertiary/aromatic N) is 1. The van der Waals surface area contributed by atoms with Gasteiger partial charge < -0.3 is 19.0 Å². The lowest BCUT2D eigenvalue weighted by Gasteiger charge is -2.23. The van der Waals surface area contributed by atoms with E-state index < -0.39 is 6.10 Å². The molecular weight excluding hydrogens is 258 g/mol. The Labute approximate surface area is 120 Å². The standard InChI is InChI=1S/C15H25NO4/c1-4-8-19-12-14(17)10-16(7-9-18-3)11-15-6-5-13(2)20-15/h4-6,14,17H,1,7-12H2,2-3H3/t14-/m1/s1. The highest BCUT2D eigenvalue weighted by atomic mass is 16.5. The molecule has 0 saturated heterocycles. The largest absolute Gasteiger partial charge is 0.465 e. The fourth-order valence-electron chi connectivity index (χ4n) is 1.88. The van der Waals surface area contributed by atoms with Crippen molar-refractivity contribution in [3.63, 3.8) is 0 Å². The van der Waals surface area contributed by atoms with Crippen LogP contribution in [-0.2, 0) is 16.0 Å². The van der Waals surface area contributed by atoms with Crippen LogP contribution in [0.5, 0.6) is 0 Å². The Bertz CT molecular complexity index is 378. The third-order valence-corrected chi connectivity index (χ3v) is 2.80. The van der Waals surface area contributed by atoms with Gasteiger partial charge in [-0.05, 0) is 19.1 Å². The molecule has 0 bridgehead atoms. The van der Waals surface area contributed by atoms with Crippen LogP contribution in [0.25, 0.3) is 0 Å². The van der Waals surface area contributed by atoms with Gasteiger partial charge in [-0.3, -0.25) is 4.90 Å². The third kappa shape index (κ3) is 6.86. The molecule has 114 valence electrons. The minimum Gasteiger partial charge on any atom is -0.465 e. The van der Waals surface area contributed by atoms with Gasteiger partial charge in [0.2, 0.25) is 0 Å². The second-order valence-electron chi connectivity index (χ2n) is 4.72. The molecule has 0 aliphatic carbocycles. The van der Waals surface area contributed by atoms with E-state index >= 15 is 0 Å². The van der Waals surface area contributed by atoms with Crippen molar-refractivity contribution in [3.8, 4) is 0 Å². The van der Waals surface area contributed by atoms with Crippen molar-refractivity contribution >= 4 is 0 Å². The van der Waals surface area contributed by atoms with Gasteiger partial charge in [0.15, 0.2) is 0 Å². The van der Waals surface area contributed by atoms with E-state index in [1.165, 1.54) is 0 Å². The number of hydrogen-bond acceptors (Lipinski definition) is 5. The number of furan rings is 1. The minimum absolute atomic E-state index is 0.298. The monoisotopic (exact) mass is 283 g/mol. The minimum atomic E-state index is -0.539. The quantitative estimate of drug-likeness (QED) is 0.494. The van der Waals surface area contributed by atoms with Crippen LogP contribution in [0.1, 0.15) is 11.5 Å². The van der Waals surface area contributed by atoms with Gasteiger partial charge in [0.25, 0.3) is 0 Å². The van der Waals surface area contributed by atoms with Gasteiger partial charge in [0, 0.05) is 20.2 Å². The van der Waals surface area contributed by atoms with Gasteiger partial charge in [-0.25, -0.2) is 0 Å². The number of ether oxygens (including phenoxy) is 2. The molecule has 0 amide bonds. The van der Waals surface area contributed by atoms with E-state index in [4.69, 9.17) is 13.9 Å². The van der Waals surface area contributed by atoms with Crippen LogP contribution in [0.2, 0.25) is 0 Å². The van der Waals surface area contributed by atoms with E-state index in [-0.39, 0.29) is 0 Å². The molecule has 5 heteroatoms. The first kappa shape index (κ1) is 16.9. The Hall–Kier alpha value is -1.14. The second-order valence-corrected chi connectivity index (χ2v) is 4.72. The number of aliphatic hydroxyl groups is 1. The fraction of sp³-hybridized carbons (Fsp3) is 0.600. The Morgan fingerprint density at radius 3 is 2.90 bits per heavy atom. The summed E-state index contributed by atoms with van der Waals surface area (Å²) in [5.74, 6) is 1.78. The van der Waals surface area contributed by atoms with Crippen molar-refractivity contribution in [1.82, 2.24) is 4.90 Å². The molecule has 20 heavy (non-hydrogen) atoms. The molecule has 1 aromatic rings. The molecule has 1 rings (SSSR count). The lowest BCUT2D eigenvalue weighted by Crippen LogP contribution is -2.36. The molecule has 0 unspecified atom stereocenters. The molecule has 0 aliphatic heterocycles. The Morgan fingerprint density at radius 2 is 2.30 bits per heavy atom. The predicted molar refractivity (Wildman–Crippen MR) is 77.6 cm³/mol. The molecule has 0 spiro atoms. The average molecular weight is 283 g/mol. The summed E-state index contributed by atoms with van der Waals surface area (Å²) in [4.78, 5) is 2.09. The van der Waals surface area contributed by atoms with Crippen LogP contribution in [0.4, 0.5) is 0 Å². The molecule has 0 aromatic carbocycles. The van der Waals surface area contributed by atoms with Crippen LogP contribution in [0.15, 0.2) is 29.2 Å². The zero-order valence-electron chi connectivity index (χ0n) is 12.4. The second kappa shape index (κ2) is 9.72. The van der Waals surface area contributed by atoms with Crippen LogP contribution >= 0.6 is 0 Å². The van der Waals surface area contributed by atoms with Crippen LogP contribution < -0.4 is 0 Å². The van der Waals surface area contributed by atoms with Crippen molar-refractivity contribution in [2.24, 2.45) is 0 Å². The van der Waals surface area contributed by atoms with Crippen LogP contribution in [0.3, 0.4) is 0 Å². The molecule has 1 aromatic heterocycles. The van der Waals surface area contributed by atoms with Gasteiger partial charge in [-0.15, -0.1) is 6.58 Å². The number of aliphatic hydroxyl groups excluding tert-OH is 1. The summed E-state index contributed by atoms with van der Waals surface area (Å²) in [5, 5.41) is 9.96. The summed E-state index contributed by atoms with van der Waals surface area (Å²) >= 11 is 0. The Balaban J connectivity index is 2.43. The van der Waals surface area contributed by atoms with E-state index in [9.17, 15) is 5.11 Å². The summed E-state index contributed by atoms with van der Waals surface area (Å²) in [6.07, 6.45) is 1.13. The summed E-state index contributed by atoms with van der Waals surface area (Å²) < 4.78 is 15.9. The molecular formula is C15H25NO4. The molecule has 1 heterocycles. The summed E-state index contributed by atoms with van der Waals surface area (Å²) in [6.45, 7) is 8.74. The number of rotatable bonds is 11. The van der Waals surface area contributed by atoms with Crippen molar-refractivity contribution in [2.45, 2.75) is 19.6 Å². The average Bonchev–Trinajstić information content (AvgIpc) is 2.81. The van der Waals surface area contributed by atoms with Gasteiger partial charge in [0.05, 0.1) is 32.5 Å². The van der Waals surface area contributed by atoms with Crippen LogP contribution in [-0.4, -0.2) is 56.1 Å². The number of aryl methyl sites for hydroxylation is 1. The number of hydrogen-bond donors (Lipinski definition) is 1. The highest BCUT2D eigenvalue weighted by Crippen LogP contribution is 2.10. The lowest BCUT2D eigenvalue weighted by molar-refractivity contribution is 0.0180. The van der Waals surface area contributed by atoms with Crippen molar-refractivity contribution in [2.75, 3.05) is 40.0 Å². The molecule has 5 nitrogen and oxygen atoms in total. The van der Waals surface area contributed by atoms with Gasteiger partial charge in [0.1, 0.15) is 11.5 Å². The highest BCUT2D eigenvalue weighted by molar-refractivity contribution is 5.05. The topological polar surface area (TPSA) is 55.1 Å². The Kier molecular flexibility index (Phi) is 8.22. The zero-order valence-corrected chi connectivity index (χ0v) is 12.4. The SMILES string of the molecule is C=CCOC[C@H](O)CN(CCOC)Cc1ccc(C)o1. The summed E-state index contributed by atoms with van der Waals surface area (Å²) in [7, 11) is 1.67. The molecule has 0 radical (unpaired) electrons. The van der Waals surface area contributed by atoms with Gasteiger partial charge >= 0.3 is 0 Å². The Morgan fingerprint density at radius 1 is 1.50 bits per heavy atom. The van der Waals surface area contributed by atoms with Crippen molar-refractivity contribution in [1.29, 1.82) is 0 Å².